The van der Waals surface area contributed by atoms with Gasteiger partial charge in [0.25, 0.3) is 0 Å². The number of hydrogen-bond donors (Lipinski definition) is 0. The second kappa shape index (κ2) is 7.02. The second-order valence-electron chi connectivity index (χ2n) is 4.65. The van der Waals surface area contributed by atoms with E-state index in [1.165, 1.54) is 30.6 Å². The first-order chi connectivity index (χ1) is 9.99. The molecule has 3 nitrogen and oxygen atoms in total. The highest BCUT2D eigenvalue weighted by Gasteiger charge is 2.13. The Morgan fingerprint density at radius 1 is 1.38 bits per heavy atom. The first-order valence-electron chi connectivity index (χ1n) is 6.29. The first-order valence-corrected chi connectivity index (χ1v) is 7.48. The molecule has 0 radical (unpaired) electrons. The maximum atomic E-state index is 13.6. The number of ketones is 1. The van der Waals surface area contributed by atoms with Crippen LogP contribution in [0.3, 0.4) is 0 Å². The van der Waals surface area contributed by atoms with Crippen LogP contribution in [0.4, 0.5) is 4.39 Å². The van der Waals surface area contributed by atoms with Crippen molar-refractivity contribution in [3.8, 4) is 5.75 Å². The number of ether oxygens (including phenoxy) is 1. The molecule has 6 heteroatoms. The van der Waals surface area contributed by atoms with Crippen molar-refractivity contribution in [1.82, 2.24) is 4.90 Å². The number of rotatable bonds is 6. The topological polar surface area (TPSA) is 29.5 Å². The zero-order chi connectivity index (χ0) is 15.4. The number of carbonyl (C=O) groups is 1. The molecule has 0 aliphatic rings. The molecule has 2 rings (SSSR count). The van der Waals surface area contributed by atoms with Gasteiger partial charge < -0.3 is 4.74 Å². The first kappa shape index (κ1) is 15.9. The number of Topliss-reactive ketones (excluding diaryl/α,β-unsaturated/α-hetero) is 1. The van der Waals surface area contributed by atoms with E-state index in [9.17, 15) is 9.18 Å². The van der Waals surface area contributed by atoms with E-state index in [0.29, 0.717) is 12.1 Å². The van der Waals surface area contributed by atoms with Crippen molar-refractivity contribution < 1.29 is 13.9 Å². The number of benzene rings is 1. The van der Waals surface area contributed by atoms with Gasteiger partial charge in [-0.1, -0.05) is 11.6 Å². The van der Waals surface area contributed by atoms with Crippen LogP contribution in [0, 0.1) is 5.82 Å². The molecule has 0 fully saturated rings. The molecule has 0 amide bonds. The average molecular weight is 328 g/mol. The van der Waals surface area contributed by atoms with Crippen LogP contribution in [-0.4, -0.2) is 31.4 Å². The minimum absolute atomic E-state index is 0.133. The Kier molecular flexibility index (Phi) is 5.33. The molecule has 0 aliphatic heterocycles. The van der Waals surface area contributed by atoms with Gasteiger partial charge in [0.15, 0.2) is 17.3 Å². The maximum Gasteiger partial charge on any atom is 0.176 e. The molecular formula is C15H15ClFNO2S. The quantitative estimate of drug-likeness (QED) is 0.754. The van der Waals surface area contributed by atoms with Crippen LogP contribution in [0.2, 0.25) is 4.34 Å². The summed E-state index contributed by atoms with van der Waals surface area (Å²) in [6, 6.07) is 8.00. The molecule has 1 aromatic carbocycles. The van der Waals surface area contributed by atoms with Crippen LogP contribution in [0.25, 0.3) is 0 Å². The van der Waals surface area contributed by atoms with Crippen molar-refractivity contribution in [2.75, 3.05) is 20.7 Å². The van der Waals surface area contributed by atoms with Crippen molar-refractivity contribution in [2.45, 2.75) is 6.54 Å². The van der Waals surface area contributed by atoms with E-state index in [1.54, 1.807) is 6.07 Å². The summed E-state index contributed by atoms with van der Waals surface area (Å²) in [5.41, 5.74) is 0.337. The number of nitrogens with zero attached hydrogens (tertiary/aromatic N) is 1. The van der Waals surface area contributed by atoms with Gasteiger partial charge >= 0.3 is 0 Å². The number of thiophene rings is 1. The molecule has 0 aliphatic carbocycles. The lowest BCUT2D eigenvalue weighted by Crippen LogP contribution is -2.25. The third-order valence-corrected chi connectivity index (χ3v) is 4.16. The van der Waals surface area contributed by atoms with Crippen LogP contribution >= 0.6 is 22.9 Å². The highest BCUT2D eigenvalue weighted by molar-refractivity contribution is 7.16. The zero-order valence-electron chi connectivity index (χ0n) is 11.7. The molecule has 0 saturated heterocycles. The highest BCUT2D eigenvalue weighted by atomic mass is 35.5. The smallest absolute Gasteiger partial charge is 0.176 e. The predicted molar refractivity (Wildman–Crippen MR) is 82.9 cm³/mol. The number of methoxy groups -OCH3 is 1. The zero-order valence-corrected chi connectivity index (χ0v) is 13.3. The Morgan fingerprint density at radius 3 is 2.71 bits per heavy atom. The van der Waals surface area contributed by atoms with Gasteiger partial charge in [0.2, 0.25) is 0 Å². The van der Waals surface area contributed by atoms with Crippen molar-refractivity contribution in [2.24, 2.45) is 0 Å². The lowest BCUT2D eigenvalue weighted by atomic mass is 10.1. The molecule has 1 aromatic heterocycles. The Balaban J connectivity index is 1.98. The van der Waals surface area contributed by atoms with E-state index in [4.69, 9.17) is 16.3 Å². The number of hydrogen-bond acceptors (Lipinski definition) is 4. The van der Waals surface area contributed by atoms with Crippen molar-refractivity contribution in [3.05, 3.63) is 50.9 Å². The molecule has 0 bridgehead atoms. The van der Waals surface area contributed by atoms with Gasteiger partial charge in [0.05, 0.1) is 18.0 Å². The Morgan fingerprint density at radius 2 is 2.14 bits per heavy atom. The SMILES string of the molecule is COc1ccc(C(=O)CN(C)Cc2ccc(Cl)s2)cc1F. The summed E-state index contributed by atoms with van der Waals surface area (Å²) in [7, 11) is 3.23. The fourth-order valence-electron chi connectivity index (χ4n) is 1.93. The summed E-state index contributed by atoms with van der Waals surface area (Å²) in [5.74, 6) is -0.536. The van der Waals surface area contributed by atoms with E-state index in [2.05, 4.69) is 0 Å². The van der Waals surface area contributed by atoms with E-state index in [0.717, 1.165) is 9.21 Å². The summed E-state index contributed by atoms with van der Waals surface area (Å²) in [4.78, 5) is 15.1. The minimum Gasteiger partial charge on any atom is -0.494 e. The van der Waals surface area contributed by atoms with Crippen molar-refractivity contribution in [3.63, 3.8) is 0 Å². The van der Waals surface area contributed by atoms with Crippen molar-refractivity contribution >= 4 is 28.7 Å². The van der Waals surface area contributed by atoms with Crippen LogP contribution in [0.15, 0.2) is 30.3 Å². The van der Waals surface area contributed by atoms with Crippen LogP contribution in [-0.2, 0) is 6.54 Å². The van der Waals surface area contributed by atoms with E-state index in [-0.39, 0.29) is 18.1 Å². The summed E-state index contributed by atoms with van der Waals surface area (Å²) >= 11 is 7.35. The van der Waals surface area contributed by atoms with Crippen molar-refractivity contribution in [1.29, 1.82) is 0 Å². The summed E-state index contributed by atoms with van der Waals surface area (Å²) in [6.45, 7) is 0.836. The third kappa shape index (κ3) is 4.27. The van der Waals surface area contributed by atoms with Gasteiger partial charge in [-0.3, -0.25) is 9.69 Å². The molecule has 2 aromatic rings. The van der Waals surface area contributed by atoms with E-state index in [1.807, 2.05) is 24.1 Å². The molecule has 0 unspecified atom stereocenters. The Bertz CT molecular complexity index is 644. The Labute approximate surface area is 131 Å². The van der Waals surface area contributed by atoms with Gasteiger partial charge in [-0.15, -0.1) is 11.3 Å². The molecule has 0 atom stereocenters. The number of carbonyl (C=O) groups excluding carboxylic acids is 1. The standard InChI is InChI=1S/C15H15ClFNO2S/c1-18(8-11-4-6-15(16)21-11)9-13(19)10-3-5-14(20-2)12(17)7-10/h3-7H,8-9H2,1-2H3. The summed E-state index contributed by atoms with van der Waals surface area (Å²) in [6.07, 6.45) is 0. The fraction of sp³-hybridized carbons (Fsp3) is 0.267. The molecule has 0 N–H and O–H groups in total. The largest absolute Gasteiger partial charge is 0.494 e. The Hall–Kier alpha value is -1.43. The average Bonchev–Trinajstić information content (AvgIpc) is 2.83. The highest BCUT2D eigenvalue weighted by Crippen LogP contribution is 2.22. The molecule has 21 heavy (non-hydrogen) atoms. The molecule has 0 spiro atoms. The number of likely N-dealkylation sites (N-methyl/N-ethyl adjacent to an activating group) is 1. The van der Waals surface area contributed by atoms with Crippen LogP contribution < -0.4 is 4.74 Å². The van der Waals surface area contributed by atoms with E-state index < -0.39 is 5.82 Å². The van der Waals surface area contributed by atoms with Gasteiger partial charge in [0, 0.05) is 17.0 Å². The normalized spacial score (nSPS) is 10.9. The van der Waals surface area contributed by atoms with Crippen LogP contribution in [0.1, 0.15) is 15.2 Å². The maximum absolute atomic E-state index is 13.6. The number of halogens is 2. The molecule has 0 saturated carbocycles. The lowest BCUT2D eigenvalue weighted by molar-refractivity contribution is 0.0943. The monoisotopic (exact) mass is 327 g/mol. The van der Waals surface area contributed by atoms with E-state index >= 15 is 0 Å². The second-order valence-corrected chi connectivity index (χ2v) is 6.45. The van der Waals surface area contributed by atoms with Gasteiger partial charge in [-0.05, 0) is 37.4 Å². The van der Waals surface area contributed by atoms with Gasteiger partial charge in [0.1, 0.15) is 0 Å². The third-order valence-electron chi connectivity index (χ3n) is 2.94. The summed E-state index contributed by atoms with van der Waals surface area (Å²) < 4.78 is 19.2. The molecule has 1 heterocycles. The molecular weight excluding hydrogens is 313 g/mol. The fourth-order valence-corrected chi connectivity index (χ4v) is 3.10. The minimum atomic E-state index is -0.531. The van der Waals surface area contributed by atoms with Gasteiger partial charge in [-0.2, -0.15) is 0 Å². The van der Waals surface area contributed by atoms with Crippen LogP contribution in [0.5, 0.6) is 5.75 Å². The van der Waals surface area contributed by atoms with Gasteiger partial charge in [-0.25, -0.2) is 4.39 Å². The molecule has 112 valence electrons. The summed E-state index contributed by atoms with van der Waals surface area (Å²) in [5, 5.41) is 0. The lowest BCUT2D eigenvalue weighted by Gasteiger charge is -2.14. The predicted octanol–water partition coefficient (Wildman–Crippen LogP) is 3.86.